The Balaban J connectivity index is 1.43. The standard InChI is InChI=1S/C21H24FN3O3/c1-15-7-8-17(13-18(15)22)24-21(27)20(26)23-9-10-25-11-12-28-19(14-25)16-5-3-2-4-6-16/h2-8,13,19H,9-12,14H2,1H3,(H,23,26)(H,24,27)/t19-/m1/s1. The number of benzene rings is 2. The molecule has 0 saturated carbocycles. The summed E-state index contributed by atoms with van der Waals surface area (Å²) < 4.78 is 19.3. The van der Waals surface area contributed by atoms with Crippen LogP contribution >= 0.6 is 0 Å². The lowest BCUT2D eigenvalue weighted by Crippen LogP contribution is -2.44. The van der Waals surface area contributed by atoms with Crippen LogP contribution in [0.2, 0.25) is 0 Å². The van der Waals surface area contributed by atoms with Crippen molar-refractivity contribution in [2.24, 2.45) is 0 Å². The first-order valence-corrected chi connectivity index (χ1v) is 9.27. The second-order valence-corrected chi connectivity index (χ2v) is 6.74. The Hall–Kier alpha value is -2.77. The Kier molecular flexibility index (Phi) is 6.73. The highest BCUT2D eigenvalue weighted by Gasteiger charge is 2.22. The second kappa shape index (κ2) is 9.43. The molecule has 0 aromatic heterocycles. The highest BCUT2D eigenvalue weighted by Crippen LogP contribution is 2.21. The molecular weight excluding hydrogens is 361 g/mol. The summed E-state index contributed by atoms with van der Waals surface area (Å²) in [5, 5.41) is 5.01. The molecule has 2 amide bonds. The zero-order valence-corrected chi connectivity index (χ0v) is 15.8. The van der Waals surface area contributed by atoms with Gasteiger partial charge < -0.3 is 15.4 Å². The van der Waals surface area contributed by atoms with E-state index in [-0.39, 0.29) is 11.8 Å². The number of carbonyl (C=O) groups excluding carboxylic acids is 2. The maximum atomic E-state index is 13.5. The second-order valence-electron chi connectivity index (χ2n) is 6.74. The molecular formula is C21H24FN3O3. The van der Waals surface area contributed by atoms with E-state index in [4.69, 9.17) is 4.74 Å². The Bertz CT molecular complexity index is 829. The van der Waals surface area contributed by atoms with Crippen molar-refractivity contribution >= 4 is 17.5 Å². The van der Waals surface area contributed by atoms with Crippen LogP contribution in [0.25, 0.3) is 0 Å². The minimum absolute atomic E-state index is 0.00499. The largest absolute Gasteiger partial charge is 0.371 e. The van der Waals surface area contributed by atoms with Gasteiger partial charge in [-0.3, -0.25) is 14.5 Å². The maximum absolute atomic E-state index is 13.5. The van der Waals surface area contributed by atoms with E-state index in [9.17, 15) is 14.0 Å². The van der Waals surface area contributed by atoms with Crippen LogP contribution in [-0.4, -0.2) is 49.5 Å². The number of ether oxygens (including phenoxy) is 1. The molecule has 7 heteroatoms. The Labute approximate surface area is 163 Å². The number of rotatable bonds is 5. The van der Waals surface area contributed by atoms with Crippen LogP contribution in [0.5, 0.6) is 0 Å². The average molecular weight is 385 g/mol. The van der Waals surface area contributed by atoms with Crippen molar-refractivity contribution in [3.05, 3.63) is 65.5 Å². The van der Waals surface area contributed by atoms with Crippen molar-refractivity contribution in [2.75, 3.05) is 38.1 Å². The number of carbonyl (C=O) groups is 2. The molecule has 1 aliphatic rings. The number of hydrogen-bond acceptors (Lipinski definition) is 4. The van der Waals surface area contributed by atoms with Crippen LogP contribution < -0.4 is 10.6 Å². The van der Waals surface area contributed by atoms with Gasteiger partial charge in [-0.2, -0.15) is 0 Å². The number of hydrogen-bond donors (Lipinski definition) is 2. The molecule has 3 rings (SSSR count). The quantitative estimate of drug-likeness (QED) is 0.775. The van der Waals surface area contributed by atoms with Crippen LogP contribution in [-0.2, 0) is 14.3 Å². The van der Waals surface area contributed by atoms with Gasteiger partial charge in [0.05, 0.1) is 12.7 Å². The highest BCUT2D eigenvalue weighted by molar-refractivity contribution is 6.39. The summed E-state index contributed by atoms with van der Waals surface area (Å²) in [5.41, 5.74) is 1.85. The predicted octanol–water partition coefficient (Wildman–Crippen LogP) is 2.26. The monoisotopic (exact) mass is 385 g/mol. The van der Waals surface area contributed by atoms with E-state index < -0.39 is 17.6 Å². The van der Waals surface area contributed by atoms with Crippen LogP contribution in [0.15, 0.2) is 48.5 Å². The summed E-state index contributed by atoms with van der Waals surface area (Å²) in [4.78, 5) is 26.1. The van der Waals surface area contributed by atoms with E-state index in [0.29, 0.717) is 25.3 Å². The fourth-order valence-electron chi connectivity index (χ4n) is 3.04. The van der Waals surface area contributed by atoms with Crippen molar-refractivity contribution < 1.29 is 18.7 Å². The molecule has 6 nitrogen and oxygen atoms in total. The molecule has 0 bridgehead atoms. The summed E-state index contributed by atoms with van der Waals surface area (Å²) in [5.74, 6) is -1.99. The van der Waals surface area contributed by atoms with Gasteiger partial charge in [-0.15, -0.1) is 0 Å². The number of morpholine rings is 1. The third kappa shape index (κ3) is 5.37. The first-order chi connectivity index (χ1) is 13.5. The molecule has 1 aliphatic heterocycles. The third-order valence-electron chi connectivity index (χ3n) is 4.67. The van der Waals surface area contributed by atoms with Crippen molar-refractivity contribution in [1.29, 1.82) is 0 Å². The van der Waals surface area contributed by atoms with Crippen LogP contribution in [0.1, 0.15) is 17.2 Å². The highest BCUT2D eigenvalue weighted by atomic mass is 19.1. The molecule has 1 atom stereocenters. The summed E-state index contributed by atoms with van der Waals surface area (Å²) in [6, 6.07) is 14.3. The lowest BCUT2D eigenvalue weighted by atomic mass is 10.1. The molecule has 1 heterocycles. The number of amides is 2. The van der Waals surface area contributed by atoms with Crippen molar-refractivity contribution in [3.8, 4) is 0 Å². The van der Waals surface area contributed by atoms with Crippen molar-refractivity contribution in [2.45, 2.75) is 13.0 Å². The number of nitrogens with one attached hydrogen (secondary N) is 2. The first kappa shape index (κ1) is 20.0. The van der Waals surface area contributed by atoms with Crippen LogP contribution in [0, 0.1) is 12.7 Å². The lowest BCUT2D eigenvalue weighted by molar-refractivity contribution is -0.136. The molecule has 2 N–H and O–H groups in total. The van der Waals surface area contributed by atoms with Gasteiger partial charge in [0.2, 0.25) is 0 Å². The van der Waals surface area contributed by atoms with E-state index in [1.54, 1.807) is 19.1 Å². The van der Waals surface area contributed by atoms with E-state index in [0.717, 1.165) is 18.7 Å². The smallest absolute Gasteiger partial charge is 0.313 e. The fraction of sp³-hybridized carbons (Fsp3) is 0.333. The number of halogens is 1. The van der Waals surface area contributed by atoms with Gasteiger partial charge in [-0.25, -0.2) is 4.39 Å². The minimum atomic E-state index is -0.813. The molecule has 0 aliphatic carbocycles. The van der Waals surface area contributed by atoms with Gasteiger partial charge in [0, 0.05) is 31.9 Å². The predicted molar refractivity (Wildman–Crippen MR) is 104 cm³/mol. The maximum Gasteiger partial charge on any atom is 0.313 e. The van der Waals surface area contributed by atoms with Gasteiger partial charge in [-0.05, 0) is 30.2 Å². The first-order valence-electron chi connectivity index (χ1n) is 9.27. The van der Waals surface area contributed by atoms with E-state index in [1.807, 2.05) is 30.3 Å². The fourth-order valence-corrected chi connectivity index (χ4v) is 3.04. The lowest BCUT2D eigenvalue weighted by Gasteiger charge is -2.33. The summed E-state index contributed by atoms with van der Waals surface area (Å²) >= 11 is 0. The number of anilines is 1. The topological polar surface area (TPSA) is 70.7 Å². The van der Waals surface area contributed by atoms with E-state index in [2.05, 4.69) is 15.5 Å². The van der Waals surface area contributed by atoms with Gasteiger partial charge >= 0.3 is 11.8 Å². The SMILES string of the molecule is Cc1ccc(NC(=O)C(=O)NCCN2CCO[C@@H](c3ccccc3)C2)cc1F. The van der Waals surface area contributed by atoms with Crippen LogP contribution in [0.4, 0.5) is 10.1 Å². The molecule has 2 aromatic carbocycles. The Morgan fingerprint density at radius 2 is 1.96 bits per heavy atom. The third-order valence-corrected chi connectivity index (χ3v) is 4.67. The molecule has 0 unspecified atom stereocenters. The zero-order chi connectivity index (χ0) is 19.9. The molecule has 1 fully saturated rings. The van der Waals surface area contributed by atoms with Gasteiger partial charge in [-0.1, -0.05) is 36.4 Å². The van der Waals surface area contributed by atoms with E-state index >= 15 is 0 Å². The molecule has 28 heavy (non-hydrogen) atoms. The molecule has 0 radical (unpaired) electrons. The molecule has 148 valence electrons. The summed E-state index contributed by atoms with van der Waals surface area (Å²) in [6.45, 7) is 4.71. The van der Waals surface area contributed by atoms with Gasteiger partial charge in [0.25, 0.3) is 0 Å². The summed E-state index contributed by atoms with van der Waals surface area (Å²) in [6.07, 6.45) is 0.00499. The molecule has 2 aromatic rings. The van der Waals surface area contributed by atoms with Gasteiger partial charge in [0.1, 0.15) is 5.82 Å². The van der Waals surface area contributed by atoms with Crippen molar-refractivity contribution in [3.63, 3.8) is 0 Å². The summed E-state index contributed by atoms with van der Waals surface area (Å²) in [7, 11) is 0. The van der Waals surface area contributed by atoms with Crippen LogP contribution in [0.3, 0.4) is 0 Å². The average Bonchev–Trinajstić information content (AvgIpc) is 2.71. The number of aryl methyl sites for hydroxylation is 1. The van der Waals surface area contributed by atoms with Crippen molar-refractivity contribution in [1.82, 2.24) is 10.2 Å². The Morgan fingerprint density at radius 1 is 1.18 bits per heavy atom. The molecule has 1 saturated heterocycles. The van der Waals surface area contributed by atoms with Gasteiger partial charge in [0.15, 0.2) is 0 Å². The zero-order valence-electron chi connectivity index (χ0n) is 15.8. The van der Waals surface area contributed by atoms with E-state index in [1.165, 1.54) is 6.07 Å². The Morgan fingerprint density at radius 3 is 2.71 bits per heavy atom. The minimum Gasteiger partial charge on any atom is -0.371 e. The number of nitrogens with zero attached hydrogens (tertiary/aromatic N) is 1. The normalized spacial score (nSPS) is 17.1. The molecule has 0 spiro atoms.